The maximum absolute atomic E-state index is 11.5. The first kappa shape index (κ1) is 13.9. The van der Waals surface area contributed by atoms with Gasteiger partial charge in [0, 0.05) is 0 Å². The largest absolute Gasteiger partial charge is 0.481 e. The summed E-state index contributed by atoms with van der Waals surface area (Å²) in [5.74, 6) is -1.46. The Morgan fingerprint density at radius 3 is 2.20 bits per heavy atom. The molecule has 0 saturated heterocycles. The Morgan fingerprint density at radius 2 is 1.73 bits per heavy atom. The molecule has 1 aromatic rings. The van der Waals surface area contributed by atoms with E-state index in [4.69, 9.17) is 5.11 Å². The van der Waals surface area contributed by atoms with Gasteiger partial charge < -0.3 is 5.11 Å². The number of benzene rings is 1. The lowest BCUT2D eigenvalue weighted by Gasteiger charge is -2.01. The Balaban J connectivity index is 0.00000196. The molecule has 1 aromatic carbocycles. The minimum absolute atomic E-state index is 0. The normalized spacial score (nSPS) is 10.4. The van der Waals surface area contributed by atoms with E-state index in [-0.39, 0.29) is 29.5 Å². The zero-order chi connectivity index (χ0) is 10.6. The van der Waals surface area contributed by atoms with Crippen LogP contribution in [0.15, 0.2) is 35.2 Å². The van der Waals surface area contributed by atoms with Crippen LogP contribution in [0.3, 0.4) is 0 Å². The van der Waals surface area contributed by atoms with Crippen molar-refractivity contribution in [1.82, 2.24) is 0 Å². The molecule has 0 bridgehead atoms. The molecule has 0 aliphatic rings. The van der Waals surface area contributed by atoms with E-state index in [0.717, 1.165) is 0 Å². The third-order valence-electron chi connectivity index (χ3n) is 1.69. The van der Waals surface area contributed by atoms with Crippen molar-refractivity contribution in [1.29, 1.82) is 0 Å². The van der Waals surface area contributed by atoms with Crippen molar-refractivity contribution in [2.75, 3.05) is 5.75 Å². The summed E-state index contributed by atoms with van der Waals surface area (Å²) >= 11 is 0. The van der Waals surface area contributed by atoms with Crippen molar-refractivity contribution in [3.8, 4) is 0 Å². The summed E-state index contributed by atoms with van der Waals surface area (Å²) in [5.41, 5.74) is 0. The molecule has 0 aliphatic carbocycles. The van der Waals surface area contributed by atoms with Gasteiger partial charge in [-0.1, -0.05) is 18.2 Å². The van der Waals surface area contributed by atoms with Crippen LogP contribution in [0.25, 0.3) is 0 Å². The van der Waals surface area contributed by atoms with Gasteiger partial charge in [-0.15, -0.1) is 12.4 Å². The van der Waals surface area contributed by atoms with Crippen LogP contribution in [-0.4, -0.2) is 25.2 Å². The average Bonchev–Trinajstić information content (AvgIpc) is 2.16. The lowest BCUT2D eigenvalue weighted by atomic mass is 10.4. The monoisotopic (exact) mass is 250 g/mol. The van der Waals surface area contributed by atoms with Crippen molar-refractivity contribution in [2.24, 2.45) is 0 Å². The molecule has 1 N–H and O–H groups in total. The summed E-state index contributed by atoms with van der Waals surface area (Å²) in [7, 11) is -3.44. The van der Waals surface area contributed by atoms with E-state index in [1.807, 2.05) is 0 Å². The van der Waals surface area contributed by atoms with E-state index in [0.29, 0.717) is 0 Å². The van der Waals surface area contributed by atoms with Crippen molar-refractivity contribution in [3.05, 3.63) is 30.3 Å². The molecule has 15 heavy (non-hydrogen) atoms. The van der Waals surface area contributed by atoms with Crippen LogP contribution in [0.1, 0.15) is 6.42 Å². The van der Waals surface area contributed by atoms with Crippen molar-refractivity contribution < 1.29 is 18.3 Å². The maximum atomic E-state index is 11.5. The summed E-state index contributed by atoms with van der Waals surface area (Å²) in [6.07, 6.45) is -0.364. The Morgan fingerprint density at radius 1 is 1.20 bits per heavy atom. The Hall–Kier alpha value is -1.07. The van der Waals surface area contributed by atoms with E-state index < -0.39 is 15.8 Å². The van der Waals surface area contributed by atoms with Crippen LogP contribution in [0.2, 0.25) is 0 Å². The minimum Gasteiger partial charge on any atom is -0.481 e. The molecule has 4 nitrogen and oxygen atoms in total. The summed E-state index contributed by atoms with van der Waals surface area (Å²) in [6, 6.07) is 7.83. The first-order chi connectivity index (χ1) is 6.52. The van der Waals surface area contributed by atoms with E-state index in [1.165, 1.54) is 12.1 Å². The molecule has 0 heterocycles. The minimum atomic E-state index is -3.44. The van der Waals surface area contributed by atoms with Gasteiger partial charge in [0.15, 0.2) is 9.84 Å². The number of hydrogen-bond donors (Lipinski definition) is 1. The quantitative estimate of drug-likeness (QED) is 0.876. The van der Waals surface area contributed by atoms with Crippen LogP contribution >= 0.6 is 12.4 Å². The summed E-state index contributed by atoms with van der Waals surface area (Å²) < 4.78 is 22.9. The van der Waals surface area contributed by atoms with E-state index in [9.17, 15) is 13.2 Å². The average molecular weight is 251 g/mol. The molecule has 0 atom stereocenters. The second kappa shape index (κ2) is 5.72. The van der Waals surface area contributed by atoms with Gasteiger partial charge in [0.2, 0.25) is 0 Å². The number of hydrogen-bond acceptors (Lipinski definition) is 3. The predicted octanol–water partition coefficient (Wildman–Crippen LogP) is 1.36. The van der Waals surface area contributed by atoms with Crippen LogP contribution in [0, 0.1) is 0 Å². The van der Waals surface area contributed by atoms with Crippen LogP contribution < -0.4 is 0 Å². The Bertz CT molecular complexity index is 413. The molecule has 0 aliphatic heterocycles. The van der Waals surface area contributed by atoms with Crippen LogP contribution in [-0.2, 0) is 14.6 Å². The van der Waals surface area contributed by atoms with Crippen molar-refractivity contribution in [3.63, 3.8) is 0 Å². The van der Waals surface area contributed by atoms with Crippen molar-refractivity contribution in [2.45, 2.75) is 11.3 Å². The zero-order valence-electron chi connectivity index (χ0n) is 7.79. The smallest absolute Gasteiger partial charge is 0.304 e. The summed E-state index contributed by atoms with van der Waals surface area (Å²) in [6.45, 7) is 0. The number of halogens is 1. The topological polar surface area (TPSA) is 71.4 Å². The Labute approximate surface area is 94.3 Å². The first-order valence-corrected chi connectivity index (χ1v) is 5.67. The van der Waals surface area contributed by atoms with Crippen molar-refractivity contribution >= 4 is 28.2 Å². The number of rotatable bonds is 4. The lowest BCUT2D eigenvalue weighted by molar-refractivity contribution is -0.136. The first-order valence-electron chi connectivity index (χ1n) is 4.02. The molecular formula is C9H11ClO4S. The standard InChI is InChI=1S/C9H10O4S.ClH/c10-9(11)6-7-14(12,13)8-4-2-1-3-5-8;/h1-5H,6-7H2,(H,10,11);1H. The van der Waals surface area contributed by atoms with Gasteiger partial charge in [-0.3, -0.25) is 4.79 Å². The van der Waals surface area contributed by atoms with Gasteiger partial charge in [-0.25, -0.2) is 8.42 Å². The van der Waals surface area contributed by atoms with Gasteiger partial charge in [0.05, 0.1) is 17.1 Å². The third kappa shape index (κ3) is 4.31. The second-order valence-corrected chi connectivity index (χ2v) is 4.88. The van der Waals surface area contributed by atoms with Gasteiger partial charge >= 0.3 is 5.97 Å². The molecule has 0 saturated carbocycles. The number of carbonyl (C=O) groups is 1. The highest BCUT2D eigenvalue weighted by molar-refractivity contribution is 7.91. The molecule has 84 valence electrons. The SMILES string of the molecule is Cl.O=C(O)CCS(=O)(=O)c1ccccc1. The number of sulfone groups is 1. The molecule has 1 rings (SSSR count). The fraction of sp³-hybridized carbons (Fsp3) is 0.222. The predicted molar refractivity (Wildman–Crippen MR) is 58.0 cm³/mol. The lowest BCUT2D eigenvalue weighted by Crippen LogP contribution is -2.10. The van der Waals surface area contributed by atoms with Gasteiger partial charge in [0.25, 0.3) is 0 Å². The van der Waals surface area contributed by atoms with Crippen LogP contribution in [0.5, 0.6) is 0 Å². The zero-order valence-corrected chi connectivity index (χ0v) is 9.42. The van der Waals surface area contributed by atoms with E-state index >= 15 is 0 Å². The van der Waals surface area contributed by atoms with Crippen LogP contribution in [0.4, 0.5) is 0 Å². The highest BCUT2D eigenvalue weighted by atomic mass is 35.5. The van der Waals surface area contributed by atoms with E-state index in [2.05, 4.69) is 0 Å². The highest BCUT2D eigenvalue weighted by Gasteiger charge is 2.14. The third-order valence-corrected chi connectivity index (χ3v) is 3.42. The molecule has 0 amide bonds. The van der Waals surface area contributed by atoms with Gasteiger partial charge in [-0.2, -0.15) is 0 Å². The highest BCUT2D eigenvalue weighted by Crippen LogP contribution is 2.10. The Kier molecular flexibility index (Phi) is 5.32. The molecule has 0 spiro atoms. The second-order valence-electron chi connectivity index (χ2n) is 2.78. The summed E-state index contributed by atoms with van der Waals surface area (Å²) in [4.78, 5) is 10.4. The fourth-order valence-corrected chi connectivity index (χ4v) is 2.22. The van der Waals surface area contributed by atoms with Gasteiger partial charge in [0.1, 0.15) is 0 Å². The maximum Gasteiger partial charge on any atom is 0.304 e. The molecule has 0 aromatic heterocycles. The van der Waals surface area contributed by atoms with Gasteiger partial charge in [-0.05, 0) is 12.1 Å². The molecule has 0 unspecified atom stereocenters. The van der Waals surface area contributed by atoms with E-state index in [1.54, 1.807) is 18.2 Å². The molecule has 0 radical (unpaired) electrons. The molecule has 0 fully saturated rings. The summed E-state index contributed by atoms with van der Waals surface area (Å²) in [5, 5.41) is 8.36. The number of carboxylic acids is 1. The molecular weight excluding hydrogens is 240 g/mol. The number of carboxylic acid groups (broad SMARTS) is 1. The fourth-order valence-electron chi connectivity index (χ4n) is 0.967. The molecule has 6 heteroatoms. The number of aliphatic carboxylic acids is 1.